The molecule has 0 bridgehead atoms. The zero-order valence-electron chi connectivity index (χ0n) is 17.4. The molecule has 0 amide bonds. The smallest absolute Gasteiger partial charge is 0.320 e. The average Bonchev–Trinajstić information content (AvgIpc) is 2.68. The summed E-state index contributed by atoms with van der Waals surface area (Å²) >= 11 is 0. The van der Waals surface area contributed by atoms with Gasteiger partial charge in [-0.05, 0) is 0 Å². The van der Waals surface area contributed by atoms with E-state index in [9.17, 15) is 19.2 Å². The van der Waals surface area contributed by atoms with Gasteiger partial charge in [0.15, 0.2) is 0 Å². The lowest BCUT2D eigenvalue weighted by atomic mass is 10.4. The van der Waals surface area contributed by atoms with Gasteiger partial charge in [-0.3, -0.25) is 29.0 Å². The van der Waals surface area contributed by atoms with Crippen LogP contribution in [-0.4, -0.2) is 136 Å². The highest BCUT2D eigenvalue weighted by Crippen LogP contribution is 1.97. The minimum atomic E-state index is -1.16. The van der Waals surface area contributed by atoms with Gasteiger partial charge >= 0.3 is 23.9 Å². The number of ether oxygens (including phenoxy) is 5. The van der Waals surface area contributed by atoms with E-state index in [4.69, 9.17) is 33.9 Å². The lowest BCUT2D eigenvalue weighted by Gasteiger charge is -2.24. The maximum Gasteiger partial charge on any atom is 0.320 e. The van der Waals surface area contributed by atoms with Crippen molar-refractivity contribution in [3.05, 3.63) is 0 Å². The molecule has 0 saturated carbocycles. The van der Waals surface area contributed by atoms with Crippen LogP contribution in [0.25, 0.3) is 0 Å². The molecule has 1 aliphatic rings. The summed E-state index contributed by atoms with van der Waals surface area (Å²) in [7, 11) is 0. The van der Waals surface area contributed by atoms with E-state index in [0.29, 0.717) is 26.4 Å². The van der Waals surface area contributed by atoms with E-state index in [-0.39, 0.29) is 52.6 Å². The van der Waals surface area contributed by atoms with Gasteiger partial charge in [0.2, 0.25) is 0 Å². The van der Waals surface area contributed by atoms with E-state index in [1.54, 1.807) is 0 Å². The third-order valence-electron chi connectivity index (χ3n) is 3.88. The molecular weight excluding hydrogens is 420 g/mol. The molecule has 1 saturated heterocycles. The maximum absolute atomic E-state index is 12.0. The fraction of sp³-hybridized carbons (Fsp3) is 0.778. The molecule has 0 aromatic carbocycles. The minimum absolute atomic E-state index is 0.000163. The molecule has 1 fully saturated rings. The predicted molar refractivity (Wildman–Crippen MR) is 103 cm³/mol. The number of rotatable bonds is 4. The third-order valence-corrected chi connectivity index (χ3v) is 3.88. The van der Waals surface area contributed by atoms with Crippen LogP contribution >= 0.6 is 0 Å². The van der Waals surface area contributed by atoms with E-state index in [2.05, 4.69) is 0 Å². The number of carboxylic acid groups (broad SMARTS) is 2. The van der Waals surface area contributed by atoms with Crippen LogP contribution in [-0.2, 0) is 42.9 Å². The van der Waals surface area contributed by atoms with Crippen LogP contribution in [0.1, 0.15) is 0 Å². The van der Waals surface area contributed by atoms with Crippen molar-refractivity contribution in [1.82, 2.24) is 9.80 Å². The standard InChI is InChI=1S/C18H30N2O11/c21-15(22)11-19-1-2-20(12-16(23)24)14-18(26)31-10-8-29-6-4-27-3-5-28-7-9-30-17(25)13-19/h1-14H2,(H,21,22)(H,23,24). The molecule has 0 aromatic rings. The molecule has 0 atom stereocenters. The number of carbonyl (C=O) groups excluding carboxylic acids is 2. The summed E-state index contributed by atoms with van der Waals surface area (Å²) in [6, 6.07) is 0. The fourth-order valence-electron chi connectivity index (χ4n) is 2.52. The van der Waals surface area contributed by atoms with Gasteiger partial charge in [-0.2, -0.15) is 0 Å². The highest BCUT2D eigenvalue weighted by atomic mass is 16.6. The van der Waals surface area contributed by atoms with Gasteiger partial charge in [-0.15, -0.1) is 0 Å². The van der Waals surface area contributed by atoms with Crippen molar-refractivity contribution in [2.24, 2.45) is 0 Å². The van der Waals surface area contributed by atoms with Crippen LogP contribution in [0.3, 0.4) is 0 Å². The molecular formula is C18H30N2O11. The summed E-state index contributed by atoms with van der Waals surface area (Å²) in [4.78, 5) is 48.7. The van der Waals surface area contributed by atoms with Crippen LogP contribution in [0.15, 0.2) is 0 Å². The Balaban J connectivity index is 2.69. The molecule has 1 aliphatic heterocycles. The topological polar surface area (TPSA) is 161 Å². The Morgan fingerprint density at radius 1 is 0.645 bits per heavy atom. The van der Waals surface area contributed by atoms with Crippen molar-refractivity contribution in [1.29, 1.82) is 0 Å². The van der Waals surface area contributed by atoms with E-state index >= 15 is 0 Å². The number of aliphatic carboxylic acids is 2. The van der Waals surface area contributed by atoms with Crippen molar-refractivity contribution in [2.75, 3.05) is 92.1 Å². The average molecular weight is 450 g/mol. The van der Waals surface area contributed by atoms with E-state index < -0.39 is 37.0 Å². The number of carboxylic acids is 2. The van der Waals surface area contributed by atoms with E-state index in [1.807, 2.05) is 0 Å². The number of carbonyl (C=O) groups is 4. The summed E-state index contributed by atoms with van der Waals surface area (Å²) in [6.45, 7) is 0.132. The van der Waals surface area contributed by atoms with Crippen LogP contribution in [0.5, 0.6) is 0 Å². The fourth-order valence-corrected chi connectivity index (χ4v) is 2.52. The van der Waals surface area contributed by atoms with Gasteiger partial charge in [-0.1, -0.05) is 0 Å². The molecule has 13 nitrogen and oxygen atoms in total. The van der Waals surface area contributed by atoms with Gasteiger partial charge in [0.25, 0.3) is 0 Å². The first kappa shape index (κ1) is 26.7. The molecule has 1 rings (SSSR count). The number of hydrogen-bond acceptors (Lipinski definition) is 11. The molecule has 0 aliphatic carbocycles. The monoisotopic (exact) mass is 450 g/mol. The molecule has 0 unspecified atom stereocenters. The first-order chi connectivity index (χ1) is 14.9. The Morgan fingerprint density at radius 2 is 0.968 bits per heavy atom. The minimum Gasteiger partial charge on any atom is -0.480 e. The predicted octanol–water partition coefficient (Wildman–Crippen LogP) is -2.09. The second-order valence-electron chi connectivity index (χ2n) is 6.49. The van der Waals surface area contributed by atoms with Gasteiger partial charge in [0.05, 0.1) is 65.8 Å². The third kappa shape index (κ3) is 15.2. The zero-order chi connectivity index (χ0) is 22.9. The quantitative estimate of drug-likeness (QED) is 0.449. The first-order valence-corrected chi connectivity index (χ1v) is 9.79. The van der Waals surface area contributed by atoms with Crippen molar-refractivity contribution >= 4 is 23.9 Å². The molecule has 0 spiro atoms. The number of cyclic esters (lactones) is 2. The summed E-state index contributed by atoms with van der Waals surface area (Å²) < 4.78 is 25.9. The number of esters is 2. The lowest BCUT2D eigenvalue weighted by molar-refractivity contribution is -0.150. The number of nitrogens with zero attached hydrogens (tertiary/aromatic N) is 2. The van der Waals surface area contributed by atoms with Crippen molar-refractivity contribution in [3.8, 4) is 0 Å². The van der Waals surface area contributed by atoms with Gasteiger partial charge in [0, 0.05) is 13.1 Å². The Hall–Kier alpha value is -2.32. The zero-order valence-corrected chi connectivity index (χ0v) is 17.4. The van der Waals surface area contributed by atoms with Crippen LogP contribution in [0.4, 0.5) is 0 Å². The molecule has 0 radical (unpaired) electrons. The summed E-state index contributed by atoms with van der Waals surface area (Å²) in [5.41, 5.74) is 0. The van der Waals surface area contributed by atoms with Crippen LogP contribution in [0.2, 0.25) is 0 Å². The summed E-state index contributed by atoms with van der Waals surface area (Å²) in [6.07, 6.45) is 0. The van der Waals surface area contributed by atoms with E-state index in [1.165, 1.54) is 9.80 Å². The largest absolute Gasteiger partial charge is 0.480 e. The highest BCUT2D eigenvalue weighted by molar-refractivity contribution is 5.74. The van der Waals surface area contributed by atoms with Crippen molar-refractivity contribution < 1.29 is 53.1 Å². The highest BCUT2D eigenvalue weighted by Gasteiger charge is 2.20. The summed E-state index contributed by atoms with van der Waals surface area (Å²) in [5, 5.41) is 18.1. The van der Waals surface area contributed by atoms with Crippen molar-refractivity contribution in [2.45, 2.75) is 0 Å². The lowest BCUT2D eigenvalue weighted by Crippen LogP contribution is -2.44. The molecule has 13 heteroatoms. The van der Waals surface area contributed by atoms with Gasteiger partial charge in [0.1, 0.15) is 13.2 Å². The normalized spacial score (nSPS) is 20.8. The van der Waals surface area contributed by atoms with Crippen LogP contribution in [0, 0.1) is 0 Å². The molecule has 31 heavy (non-hydrogen) atoms. The number of hydrogen-bond donors (Lipinski definition) is 2. The second-order valence-corrected chi connectivity index (χ2v) is 6.49. The van der Waals surface area contributed by atoms with Gasteiger partial charge in [-0.25, -0.2) is 0 Å². The SMILES string of the molecule is O=C(O)CN1CCN(CC(=O)O)CC(=O)OCCOCCOCCOCCOC(=O)C1. The molecule has 2 N–H and O–H groups in total. The molecule has 178 valence electrons. The maximum atomic E-state index is 12.0. The molecule has 1 heterocycles. The molecule has 0 aromatic heterocycles. The van der Waals surface area contributed by atoms with Crippen molar-refractivity contribution in [3.63, 3.8) is 0 Å². The van der Waals surface area contributed by atoms with E-state index in [0.717, 1.165) is 0 Å². The first-order valence-electron chi connectivity index (χ1n) is 9.79. The Kier molecular flexibility index (Phi) is 14.1. The van der Waals surface area contributed by atoms with Gasteiger partial charge < -0.3 is 33.9 Å². The summed E-state index contributed by atoms with van der Waals surface area (Å²) in [5.74, 6) is -3.61. The Labute approximate surface area is 179 Å². The van der Waals surface area contributed by atoms with Crippen LogP contribution < -0.4 is 0 Å². The second kappa shape index (κ2) is 16.4. The Bertz CT molecular complexity index is 525. The Morgan fingerprint density at radius 3 is 1.29 bits per heavy atom.